The van der Waals surface area contributed by atoms with E-state index in [-0.39, 0.29) is 17.2 Å². The third-order valence-corrected chi connectivity index (χ3v) is 1.03. The molecule has 8 nitrogen and oxygen atoms in total. The zero-order valence-electron chi connectivity index (χ0n) is 5.84. The predicted octanol–water partition coefficient (Wildman–Crippen LogP) is 0.0975. The molecule has 0 fully saturated rings. The van der Waals surface area contributed by atoms with E-state index in [0.29, 0.717) is 0 Å². The summed E-state index contributed by atoms with van der Waals surface area (Å²) in [5.41, 5.74) is 13.3. The van der Waals surface area contributed by atoms with Crippen LogP contribution in [0.2, 0.25) is 0 Å². The Hall–Kier alpha value is -2.21. The molecule has 0 amide bonds. The molecule has 0 aliphatic carbocycles. The standard InChI is InChI=1S/C4H4N8/c5-4(6)3-2(9-11-7)1-8-12-10-3/h1H,(H3,5,6). The minimum Gasteiger partial charge on any atom is -0.382 e. The molecule has 0 radical (unpaired) electrons. The maximum Gasteiger partial charge on any atom is 0.144 e. The number of hydrogen-bond donors (Lipinski definition) is 2. The van der Waals surface area contributed by atoms with Gasteiger partial charge in [-0.05, 0) is 10.7 Å². The number of rotatable bonds is 2. The summed E-state index contributed by atoms with van der Waals surface area (Å²) < 4.78 is 0. The Labute approximate surface area is 66.6 Å². The summed E-state index contributed by atoms with van der Waals surface area (Å²) in [6.45, 7) is 0. The zero-order chi connectivity index (χ0) is 8.97. The molecule has 0 spiro atoms. The number of nitrogen functional groups attached to an aromatic ring is 1. The first-order valence-corrected chi connectivity index (χ1v) is 2.83. The van der Waals surface area contributed by atoms with Gasteiger partial charge in [-0.1, -0.05) is 5.11 Å². The van der Waals surface area contributed by atoms with Crippen LogP contribution >= 0.6 is 0 Å². The lowest BCUT2D eigenvalue weighted by Crippen LogP contribution is -2.14. The molecule has 0 atom stereocenters. The van der Waals surface area contributed by atoms with E-state index in [9.17, 15) is 0 Å². The maximum absolute atomic E-state index is 8.10. The fraction of sp³-hybridized carbons (Fsp3) is 0. The SMILES string of the molecule is [N-]=[N+]=Nc1cnnnc1C(=N)N. The number of nitrogens with one attached hydrogen (secondary N) is 1. The molecule has 0 saturated heterocycles. The number of nitrogens with two attached hydrogens (primary N) is 1. The molecule has 0 aliphatic rings. The van der Waals surface area contributed by atoms with Gasteiger partial charge in [0.1, 0.15) is 11.5 Å². The van der Waals surface area contributed by atoms with Gasteiger partial charge in [-0.2, -0.15) is 0 Å². The molecule has 0 bridgehead atoms. The van der Waals surface area contributed by atoms with Crippen molar-refractivity contribution in [3.63, 3.8) is 0 Å². The third kappa shape index (κ3) is 1.44. The highest BCUT2D eigenvalue weighted by Crippen LogP contribution is 2.12. The van der Waals surface area contributed by atoms with Crippen molar-refractivity contribution < 1.29 is 0 Å². The lowest BCUT2D eigenvalue weighted by atomic mass is 10.3. The average Bonchev–Trinajstić information content (AvgIpc) is 2.05. The van der Waals surface area contributed by atoms with Crippen molar-refractivity contribution in [2.24, 2.45) is 10.8 Å². The summed E-state index contributed by atoms with van der Waals surface area (Å²) in [4.78, 5) is 2.51. The molecule has 60 valence electrons. The van der Waals surface area contributed by atoms with Crippen molar-refractivity contribution in [1.29, 1.82) is 5.41 Å². The van der Waals surface area contributed by atoms with Gasteiger partial charge in [0, 0.05) is 4.91 Å². The molecular formula is C4H4N8. The van der Waals surface area contributed by atoms with Gasteiger partial charge >= 0.3 is 0 Å². The van der Waals surface area contributed by atoms with E-state index in [0.717, 1.165) is 0 Å². The molecule has 0 aromatic carbocycles. The van der Waals surface area contributed by atoms with Gasteiger partial charge in [0.05, 0.1) is 11.9 Å². The quantitative estimate of drug-likeness (QED) is 0.210. The lowest BCUT2D eigenvalue weighted by Gasteiger charge is -1.96. The van der Waals surface area contributed by atoms with Crippen LogP contribution in [-0.2, 0) is 0 Å². The second kappa shape index (κ2) is 3.26. The normalized spacial score (nSPS) is 8.67. The monoisotopic (exact) mass is 164 g/mol. The Bertz CT molecular complexity index is 329. The molecule has 1 heterocycles. The highest BCUT2D eigenvalue weighted by atomic mass is 15.3. The number of nitrogens with zero attached hydrogens (tertiary/aromatic N) is 6. The van der Waals surface area contributed by atoms with Crippen LogP contribution in [0.5, 0.6) is 0 Å². The molecule has 0 aliphatic heterocycles. The Morgan fingerprint density at radius 3 is 3.08 bits per heavy atom. The molecule has 1 aromatic rings. The minimum absolute atomic E-state index is 0.0304. The Morgan fingerprint density at radius 2 is 2.50 bits per heavy atom. The van der Waals surface area contributed by atoms with Crippen molar-refractivity contribution in [1.82, 2.24) is 15.4 Å². The number of azide groups is 1. The first-order chi connectivity index (χ1) is 5.75. The van der Waals surface area contributed by atoms with Crippen molar-refractivity contribution >= 4 is 11.5 Å². The van der Waals surface area contributed by atoms with E-state index >= 15 is 0 Å². The molecule has 8 heteroatoms. The second-order valence-corrected chi connectivity index (χ2v) is 1.77. The van der Waals surface area contributed by atoms with E-state index in [4.69, 9.17) is 16.7 Å². The fourth-order valence-electron chi connectivity index (χ4n) is 0.577. The van der Waals surface area contributed by atoms with Crippen LogP contribution in [0.4, 0.5) is 5.69 Å². The van der Waals surface area contributed by atoms with Crippen molar-refractivity contribution in [2.75, 3.05) is 0 Å². The van der Waals surface area contributed by atoms with Gasteiger partial charge in [-0.3, -0.25) is 5.41 Å². The minimum atomic E-state index is -0.313. The van der Waals surface area contributed by atoms with Crippen LogP contribution in [0.25, 0.3) is 10.4 Å². The topological polar surface area (TPSA) is 137 Å². The van der Waals surface area contributed by atoms with E-state index in [1.807, 2.05) is 0 Å². The van der Waals surface area contributed by atoms with Gasteiger partial charge < -0.3 is 5.73 Å². The largest absolute Gasteiger partial charge is 0.382 e. The van der Waals surface area contributed by atoms with Gasteiger partial charge in [-0.15, -0.1) is 10.2 Å². The number of hydrogen-bond acceptors (Lipinski definition) is 5. The third-order valence-electron chi connectivity index (χ3n) is 1.03. The first-order valence-electron chi connectivity index (χ1n) is 2.83. The van der Waals surface area contributed by atoms with Gasteiger partial charge in [0.2, 0.25) is 0 Å². The average molecular weight is 164 g/mol. The van der Waals surface area contributed by atoms with Crippen molar-refractivity contribution in [3.8, 4) is 0 Å². The second-order valence-electron chi connectivity index (χ2n) is 1.77. The smallest absolute Gasteiger partial charge is 0.144 e. The van der Waals surface area contributed by atoms with Crippen molar-refractivity contribution in [3.05, 3.63) is 22.3 Å². The van der Waals surface area contributed by atoms with Gasteiger partial charge in [-0.25, -0.2) is 0 Å². The summed E-state index contributed by atoms with van der Waals surface area (Å²) in [5.74, 6) is -0.313. The summed E-state index contributed by atoms with van der Waals surface area (Å²) in [6.07, 6.45) is 1.18. The Kier molecular flexibility index (Phi) is 2.14. The molecule has 0 unspecified atom stereocenters. The lowest BCUT2D eigenvalue weighted by molar-refractivity contribution is 0.855. The van der Waals surface area contributed by atoms with Crippen LogP contribution in [0.1, 0.15) is 5.69 Å². The fourth-order valence-corrected chi connectivity index (χ4v) is 0.577. The maximum atomic E-state index is 8.10. The predicted molar refractivity (Wildman–Crippen MR) is 39.6 cm³/mol. The molecule has 0 saturated carbocycles. The highest BCUT2D eigenvalue weighted by molar-refractivity contribution is 5.97. The van der Waals surface area contributed by atoms with Crippen LogP contribution in [0.3, 0.4) is 0 Å². The van der Waals surface area contributed by atoms with Crippen molar-refractivity contribution in [2.45, 2.75) is 0 Å². The first kappa shape index (κ1) is 7.89. The van der Waals surface area contributed by atoms with Gasteiger partial charge in [0.15, 0.2) is 0 Å². The summed E-state index contributed by atoms with van der Waals surface area (Å²) in [5, 5.41) is 20.3. The molecule has 3 N–H and O–H groups in total. The van der Waals surface area contributed by atoms with Crippen LogP contribution in [-0.4, -0.2) is 21.2 Å². The van der Waals surface area contributed by atoms with E-state index in [2.05, 4.69) is 25.4 Å². The molecule has 1 aromatic heterocycles. The molecule has 1 rings (SSSR count). The van der Waals surface area contributed by atoms with Crippen LogP contribution < -0.4 is 5.73 Å². The highest BCUT2D eigenvalue weighted by Gasteiger charge is 2.04. The Morgan fingerprint density at radius 1 is 1.75 bits per heavy atom. The van der Waals surface area contributed by atoms with Gasteiger partial charge in [0.25, 0.3) is 0 Å². The van der Waals surface area contributed by atoms with E-state index < -0.39 is 0 Å². The van der Waals surface area contributed by atoms with Crippen LogP contribution in [0.15, 0.2) is 11.3 Å². The van der Waals surface area contributed by atoms with E-state index in [1.54, 1.807) is 0 Å². The number of aromatic nitrogens is 3. The molecular weight excluding hydrogens is 160 g/mol. The summed E-state index contributed by atoms with van der Waals surface area (Å²) in [6, 6.07) is 0. The summed E-state index contributed by atoms with van der Waals surface area (Å²) in [7, 11) is 0. The summed E-state index contributed by atoms with van der Waals surface area (Å²) >= 11 is 0. The number of amidine groups is 1. The zero-order valence-corrected chi connectivity index (χ0v) is 5.84. The molecule has 12 heavy (non-hydrogen) atoms. The van der Waals surface area contributed by atoms with Crippen LogP contribution in [0, 0.1) is 5.41 Å². The van der Waals surface area contributed by atoms with E-state index in [1.165, 1.54) is 6.20 Å². The Balaban J connectivity index is 3.26.